The second-order valence-corrected chi connectivity index (χ2v) is 8.87. The van der Waals surface area contributed by atoms with Gasteiger partial charge in [0.15, 0.2) is 35.4 Å². The Morgan fingerprint density at radius 3 is 2.29 bits per heavy atom. The molecule has 1 fully saturated rings. The lowest BCUT2D eigenvalue weighted by atomic mass is 9.99. The van der Waals surface area contributed by atoms with Crippen LogP contribution in [0.25, 0.3) is 0 Å². The molecule has 0 spiro atoms. The molecule has 1 aliphatic heterocycles. The lowest BCUT2D eigenvalue weighted by Gasteiger charge is -2.39. The SMILES string of the molecule is COc1cc([C@@H](O)[C@H](CO)Oc2ccc(CCCO[C@H]3O[C@@H](CO)[C@@H](O)[C@@H](O)[C@H]3O)cc2OC)ccc1O. The predicted molar refractivity (Wildman–Crippen MR) is 132 cm³/mol. The van der Waals surface area contributed by atoms with Crippen molar-refractivity contribution < 1.29 is 59.4 Å². The van der Waals surface area contributed by atoms with Gasteiger partial charge >= 0.3 is 0 Å². The summed E-state index contributed by atoms with van der Waals surface area (Å²) in [4.78, 5) is 0. The Morgan fingerprint density at radius 1 is 0.895 bits per heavy atom. The highest BCUT2D eigenvalue weighted by atomic mass is 16.7. The summed E-state index contributed by atoms with van der Waals surface area (Å²) in [5, 5.41) is 69.4. The van der Waals surface area contributed by atoms with Crippen molar-refractivity contribution in [1.82, 2.24) is 0 Å². The molecule has 2 aromatic carbocycles. The summed E-state index contributed by atoms with van der Waals surface area (Å²) in [5.41, 5.74) is 1.25. The number of methoxy groups -OCH3 is 2. The minimum absolute atomic E-state index is 0.0826. The van der Waals surface area contributed by atoms with Crippen LogP contribution in [-0.4, -0.2) is 107 Å². The van der Waals surface area contributed by atoms with Crippen LogP contribution in [0.15, 0.2) is 36.4 Å². The summed E-state index contributed by atoms with van der Waals surface area (Å²) >= 11 is 0. The third-order valence-corrected chi connectivity index (χ3v) is 6.32. The second kappa shape index (κ2) is 13.9. The van der Waals surface area contributed by atoms with E-state index in [0.29, 0.717) is 29.9 Å². The summed E-state index contributed by atoms with van der Waals surface area (Å²) in [6, 6.07) is 9.52. The fraction of sp³-hybridized carbons (Fsp3) is 0.538. The van der Waals surface area contributed by atoms with Gasteiger partial charge in [0, 0.05) is 0 Å². The Labute approximate surface area is 220 Å². The van der Waals surface area contributed by atoms with Crippen molar-refractivity contribution in [3.63, 3.8) is 0 Å². The first-order valence-corrected chi connectivity index (χ1v) is 12.2. The van der Waals surface area contributed by atoms with Crippen molar-refractivity contribution in [2.24, 2.45) is 0 Å². The van der Waals surface area contributed by atoms with Gasteiger partial charge < -0.3 is 59.4 Å². The van der Waals surface area contributed by atoms with E-state index in [1.165, 1.54) is 32.4 Å². The zero-order valence-corrected chi connectivity index (χ0v) is 21.2. The monoisotopic (exact) mass is 540 g/mol. The molecule has 7 atom stereocenters. The van der Waals surface area contributed by atoms with Crippen molar-refractivity contribution in [2.75, 3.05) is 34.0 Å². The molecule has 0 radical (unpaired) electrons. The molecule has 1 saturated heterocycles. The Balaban J connectivity index is 1.58. The smallest absolute Gasteiger partial charge is 0.186 e. The van der Waals surface area contributed by atoms with E-state index in [-0.39, 0.29) is 18.1 Å². The summed E-state index contributed by atoms with van der Waals surface area (Å²) < 4.78 is 27.2. The Morgan fingerprint density at radius 2 is 1.63 bits per heavy atom. The molecule has 3 rings (SSSR count). The topological polar surface area (TPSA) is 188 Å². The molecule has 0 unspecified atom stereocenters. The van der Waals surface area contributed by atoms with Gasteiger partial charge in [-0.15, -0.1) is 0 Å². The number of ether oxygens (including phenoxy) is 5. The molecular weight excluding hydrogens is 504 g/mol. The molecular formula is C26H36O12. The molecule has 0 amide bonds. The van der Waals surface area contributed by atoms with E-state index in [1.54, 1.807) is 18.2 Å². The van der Waals surface area contributed by atoms with Gasteiger partial charge in [0.2, 0.25) is 0 Å². The molecule has 2 aromatic rings. The van der Waals surface area contributed by atoms with Crippen LogP contribution in [0, 0.1) is 0 Å². The van der Waals surface area contributed by atoms with Gasteiger partial charge in [-0.1, -0.05) is 12.1 Å². The number of aliphatic hydroxyl groups excluding tert-OH is 6. The number of aliphatic hydroxyl groups is 6. The predicted octanol–water partition coefficient (Wildman–Crippen LogP) is -0.368. The number of aryl methyl sites for hydroxylation is 1. The average Bonchev–Trinajstić information content (AvgIpc) is 2.94. The zero-order valence-electron chi connectivity index (χ0n) is 21.2. The third-order valence-electron chi connectivity index (χ3n) is 6.32. The van der Waals surface area contributed by atoms with Gasteiger partial charge in [-0.25, -0.2) is 0 Å². The molecule has 0 bridgehead atoms. The van der Waals surface area contributed by atoms with Crippen LogP contribution in [0.2, 0.25) is 0 Å². The van der Waals surface area contributed by atoms with Crippen LogP contribution >= 0.6 is 0 Å². The van der Waals surface area contributed by atoms with Gasteiger partial charge in [0.25, 0.3) is 0 Å². The van der Waals surface area contributed by atoms with Crippen LogP contribution in [0.5, 0.6) is 23.0 Å². The molecule has 0 aliphatic carbocycles. The van der Waals surface area contributed by atoms with Crippen LogP contribution in [0.3, 0.4) is 0 Å². The normalized spacial score (nSPS) is 25.0. The van der Waals surface area contributed by atoms with Gasteiger partial charge in [0.05, 0.1) is 34.0 Å². The lowest BCUT2D eigenvalue weighted by molar-refractivity contribution is -0.301. The largest absolute Gasteiger partial charge is 0.504 e. The maximum Gasteiger partial charge on any atom is 0.186 e. The van der Waals surface area contributed by atoms with Crippen LogP contribution in [0.4, 0.5) is 0 Å². The maximum atomic E-state index is 10.8. The highest BCUT2D eigenvalue weighted by Gasteiger charge is 2.43. The Kier molecular flexibility index (Phi) is 10.9. The fourth-order valence-electron chi connectivity index (χ4n) is 4.10. The number of phenolic OH excluding ortho intramolecular Hbond substituents is 1. The van der Waals surface area contributed by atoms with Gasteiger partial charge in [0.1, 0.15) is 30.5 Å². The highest BCUT2D eigenvalue weighted by molar-refractivity contribution is 5.44. The first-order valence-electron chi connectivity index (χ1n) is 12.2. The minimum Gasteiger partial charge on any atom is -0.504 e. The van der Waals surface area contributed by atoms with E-state index in [0.717, 1.165) is 5.56 Å². The summed E-state index contributed by atoms with van der Waals surface area (Å²) in [6.07, 6.45) is -7.82. The van der Waals surface area contributed by atoms with Crippen LogP contribution in [-0.2, 0) is 15.9 Å². The summed E-state index contributed by atoms with van der Waals surface area (Å²) in [6.45, 7) is -0.862. The maximum absolute atomic E-state index is 10.8. The number of benzene rings is 2. The molecule has 0 saturated carbocycles. The number of hydrogen-bond acceptors (Lipinski definition) is 12. The number of rotatable bonds is 13. The van der Waals surface area contributed by atoms with E-state index in [2.05, 4.69) is 0 Å². The molecule has 212 valence electrons. The number of phenols is 1. The van der Waals surface area contributed by atoms with E-state index in [1.807, 2.05) is 0 Å². The third kappa shape index (κ3) is 7.04. The summed E-state index contributed by atoms with van der Waals surface area (Å²) in [5.74, 6) is 0.778. The zero-order chi connectivity index (χ0) is 27.8. The van der Waals surface area contributed by atoms with Crippen LogP contribution < -0.4 is 14.2 Å². The lowest BCUT2D eigenvalue weighted by Crippen LogP contribution is -2.59. The standard InChI is InChI=1S/C26H36O12/c1-34-18-11-15(6-7-16(18)29)22(30)20(12-27)37-17-8-5-14(10-19(17)35-2)4-3-9-36-26-25(33)24(32)23(31)21(13-28)38-26/h5-8,10-11,20-33H,3-4,9,12-13H2,1-2H3/t20-,21-,22+,23+,24+,25+,26-/m0/s1. The quantitative estimate of drug-likeness (QED) is 0.164. The second-order valence-electron chi connectivity index (χ2n) is 8.87. The first-order chi connectivity index (χ1) is 18.2. The molecule has 12 heteroatoms. The number of aromatic hydroxyl groups is 1. The number of hydrogen-bond donors (Lipinski definition) is 7. The Hall–Kier alpha value is -2.68. The van der Waals surface area contributed by atoms with Crippen molar-refractivity contribution in [3.05, 3.63) is 47.5 Å². The van der Waals surface area contributed by atoms with E-state index < -0.39 is 56.1 Å². The molecule has 0 aromatic heterocycles. The molecule has 1 aliphatic rings. The molecule has 1 heterocycles. The van der Waals surface area contributed by atoms with Crippen molar-refractivity contribution in [3.8, 4) is 23.0 Å². The Bertz CT molecular complexity index is 1020. The van der Waals surface area contributed by atoms with Crippen molar-refractivity contribution in [2.45, 2.75) is 55.8 Å². The van der Waals surface area contributed by atoms with Crippen molar-refractivity contribution in [1.29, 1.82) is 0 Å². The molecule has 12 nitrogen and oxygen atoms in total. The molecule has 7 N–H and O–H groups in total. The molecule has 38 heavy (non-hydrogen) atoms. The van der Waals surface area contributed by atoms with Crippen LogP contribution in [0.1, 0.15) is 23.7 Å². The van der Waals surface area contributed by atoms with Crippen molar-refractivity contribution >= 4 is 0 Å². The van der Waals surface area contributed by atoms with Gasteiger partial charge in [-0.3, -0.25) is 0 Å². The average molecular weight is 541 g/mol. The van der Waals surface area contributed by atoms with E-state index in [4.69, 9.17) is 23.7 Å². The minimum atomic E-state index is -1.50. The summed E-state index contributed by atoms with van der Waals surface area (Å²) in [7, 11) is 2.85. The van der Waals surface area contributed by atoms with Gasteiger partial charge in [-0.2, -0.15) is 0 Å². The van der Waals surface area contributed by atoms with E-state index >= 15 is 0 Å². The fourth-order valence-corrected chi connectivity index (χ4v) is 4.10. The first kappa shape index (κ1) is 29.9. The highest BCUT2D eigenvalue weighted by Crippen LogP contribution is 2.34. The van der Waals surface area contributed by atoms with Gasteiger partial charge in [-0.05, 0) is 48.2 Å². The van der Waals surface area contributed by atoms with E-state index in [9.17, 15) is 35.7 Å².